The van der Waals surface area contributed by atoms with Crippen molar-refractivity contribution in [2.75, 3.05) is 20.2 Å². The van der Waals surface area contributed by atoms with Crippen molar-refractivity contribution < 1.29 is 13.9 Å². The Morgan fingerprint density at radius 2 is 2.36 bits per heavy atom. The second-order valence-corrected chi connectivity index (χ2v) is 6.45. The molecule has 3 aromatic rings. The fourth-order valence-corrected chi connectivity index (χ4v) is 3.51. The molecule has 6 heteroatoms. The van der Waals surface area contributed by atoms with Gasteiger partial charge in [-0.3, -0.25) is 4.79 Å². The molecule has 1 saturated heterocycles. The number of carbonyl (C=O) groups is 1. The van der Waals surface area contributed by atoms with E-state index in [1.807, 2.05) is 35.6 Å². The van der Waals surface area contributed by atoms with Crippen LogP contribution in [0.5, 0.6) is 5.75 Å². The summed E-state index contributed by atoms with van der Waals surface area (Å²) in [5.74, 6) is 0.891. The van der Waals surface area contributed by atoms with Crippen LogP contribution >= 0.6 is 0 Å². The number of nitrogens with zero attached hydrogens (tertiary/aromatic N) is 3. The van der Waals surface area contributed by atoms with Gasteiger partial charge in [0.15, 0.2) is 0 Å². The molecular formula is C19H21N3O3. The van der Waals surface area contributed by atoms with Crippen LogP contribution in [0.15, 0.2) is 47.6 Å². The number of methoxy groups -OCH3 is 1. The third-order valence-corrected chi connectivity index (χ3v) is 4.90. The van der Waals surface area contributed by atoms with Gasteiger partial charge in [0, 0.05) is 42.5 Å². The van der Waals surface area contributed by atoms with Gasteiger partial charge in [-0.15, -0.1) is 0 Å². The number of rotatable bonds is 4. The van der Waals surface area contributed by atoms with Gasteiger partial charge in [0.2, 0.25) is 5.91 Å². The highest BCUT2D eigenvalue weighted by Crippen LogP contribution is 2.27. The van der Waals surface area contributed by atoms with Crippen molar-refractivity contribution in [3.63, 3.8) is 0 Å². The van der Waals surface area contributed by atoms with E-state index in [-0.39, 0.29) is 5.91 Å². The van der Waals surface area contributed by atoms with E-state index < -0.39 is 0 Å². The van der Waals surface area contributed by atoms with Crippen molar-refractivity contribution in [2.45, 2.75) is 25.3 Å². The Labute approximate surface area is 146 Å². The zero-order chi connectivity index (χ0) is 17.2. The molecular weight excluding hydrogens is 318 g/mol. The van der Waals surface area contributed by atoms with E-state index in [0.717, 1.165) is 48.2 Å². The van der Waals surface area contributed by atoms with Crippen LogP contribution in [0.4, 0.5) is 0 Å². The number of imidazole rings is 1. The van der Waals surface area contributed by atoms with Crippen LogP contribution < -0.4 is 4.74 Å². The summed E-state index contributed by atoms with van der Waals surface area (Å²) < 4.78 is 12.9. The van der Waals surface area contributed by atoms with Gasteiger partial charge in [0.25, 0.3) is 0 Å². The number of ether oxygens (including phenoxy) is 1. The van der Waals surface area contributed by atoms with E-state index in [4.69, 9.17) is 9.15 Å². The van der Waals surface area contributed by atoms with Crippen LogP contribution in [0.2, 0.25) is 0 Å². The molecule has 0 radical (unpaired) electrons. The first kappa shape index (κ1) is 15.7. The zero-order valence-corrected chi connectivity index (χ0v) is 14.2. The van der Waals surface area contributed by atoms with E-state index in [9.17, 15) is 4.79 Å². The molecule has 6 nitrogen and oxygen atoms in total. The largest absolute Gasteiger partial charge is 0.497 e. The molecule has 4 rings (SSSR count). The molecule has 130 valence electrons. The maximum absolute atomic E-state index is 12.8. The molecule has 1 aromatic carbocycles. The van der Waals surface area contributed by atoms with Gasteiger partial charge in [0.1, 0.15) is 11.3 Å². The summed E-state index contributed by atoms with van der Waals surface area (Å²) in [6, 6.07) is 6.00. The Bertz CT molecular complexity index is 869. The number of piperidine rings is 1. The van der Waals surface area contributed by atoms with Gasteiger partial charge >= 0.3 is 0 Å². The van der Waals surface area contributed by atoms with Crippen LogP contribution in [0.25, 0.3) is 11.0 Å². The molecule has 1 atom stereocenters. The number of carbonyl (C=O) groups excluding carboxylic acids is 1. The van der Waals surface area contributed by atoms with Crippen LogP contribution in [0.1, 0.15) is 24.4 Å². The third kappa shape index (κ3) is 3.12. The predicted octanol–water partition coefficient (Wildman–Crippen LogP) is 3.04. The number of furan rings is 1. The van der Waals surface area contributed by atoms with Crippen molar-refractivity contribution in [3.8, 4) is 5.75 Å². The fourth-order valence-electron chi connectivity index (χ4n) is 3.51. The molecule has 0 spiro atoms. The molecule has 1 amide bonds. The smallest absolute Gasteiger partial charge is 0.227 e. The molecule has 25 heavy (non-hydrogen) atoms. The average Bonchev–Trinajstić information content (AvgIpc) is 3.32. The molecule has 2 aromatic heterocycles. The summed E-state index contributed by atoms with van der Waals surface area (Å²) in [5, 5.41) is 0.970. The minimum atomic E-state index is 0.142. The Kier molecular flexibility index (Phi) is 4.17. The van der Waals surface area contributed by atoms with E-state index in [1.165, 1.54) is 0 Å². The van der Waals surface area contributed by atoms with E-state index in [1.54, 1.807) is 19.6 Å². The molecule has 1 fully saturated rings. The molecule has 0 bridgehead atoms. The first-order valence-electron chi connectivity index (χ1n) is 8.54. The maximum atomic E-state index is 12.8. The summed E-state index contributed by atoms with van der Waals surface area (Å²) in [5.41, 5.74) is 1.67. The minimum Gasteiger partial charge on any atom is -0.497 e. The first-order valence-corrected chi connectivity index (χ1v) is 8.54. The number of hydrogen-bond donors (Lipinski definition) is 0. The van der Waals surface area contributed by atoms with Crippen molar-refractivity contribution in [3.05, 3.63) is 48.7 Å². The lowest BCUT2D eigenvalue weighted by atomic mass is 10.0. The monoisotopic (exact) mass is 339 g/mol. The Morgan fingerprint density at radius 1 is 1.44 bits per heavy atom. The second-order valence-electron chi connectivity index (χ2n) is 6.45. The number of aromatic nitrogens is 2. The lowest BCUT2D eigenvalue weighted by Crippen LogP contribution is -2.41. The minimum absolute atomic E-state index is 0.142. The number of hydrogen-bond acceptors (Lipinski definition) is 4. The van der Waals surface area contributed by atoms with Gasteiger partial charge in [-0.25, -0.2) is 4.98 Å². The van der Waals surface area contributed by atoms with Crippen LogP contribution in [-0.2, 0) is 11.2 Å². The number of benzene rings is 1. The number of fused-ring (bicyclic) bond motifs is 1. The summed E-state index contributed by atoms with van der Waals surface area (Å²) in [4.78, 5) is 18.9. The summed E-state index contributed by atoms with van der Waals surface area (Å²) in [6.45, 7) is 1.55. The van der Waals surface area contributed by atoms with Gasteiger partial charge in [-0.05, 0) is 25.0 Å². The maximum Gasteiger partial charge on any atom is 0.227 e. The van der Waals surface area contributed by atoms with Gasteiger partial charge in [-0.1, -0.05) is 0 Å². The van der Waals surface area contributed by atoms with E-state index in [0.29, 0.717) is 12.5 Å². The highest BCUT2D eigenvalue weighted by molar-refractivity contribution is 5.88. The Morgan fingerprint density at radius 3 is 3.16 bits per heavy atom. The average molecular weight is 339 g/mol. The van der Waals surface area contributed by atoms with Crippen LogP contribution in [0.3, 0.4) is 0 Å². The van der Waals surface area contributed by atoms with E-state index >= 15 is 0 Å². The van der Waals surface area contributed by atoms with E-state index in [2.05, 4.69) is 9.55 Å². The summed E-state index contributed by atoms with van der Waals surface area (Å²) in [7, 11) is 1.63. The highest BCUT2D eigenvalue weighted by Gasteiger charge is 2.25. The van der Waals surface area contributed by atoms with Crippen molar-refractivity contribution >= 4 is 16.9 Å². The number of amides is 1. The van der Waals surface area contributed by atoms with Crippen molar-refractivity contribution in [2.24, 2.45) is 0 Å². The SMILES string of the molecule is COc1ccc2c(CC(=O)N3CCC[C@@H](n4ccnc4)C3)coc2c1. The lowest BCUT2D eigenvalue weighted by molar-refractivity contribution is -0.132. The van der Waals surface area contributed by atoms with Gasteiger partial charge in [-0.2, -0.15) is 0 Å². The third-order valence-electron chi connectivity index (χ3n) is 4.90. The quantitative estimate of drug-likeness (QED) is 0.733. The van der Waals surface area contributed by atoms with Crippen molar-refractivity contribution in [1.82, 2.24) is 14.5 Å². The van der Waals surface area contributed by atoms with Gasteiger partial charge in [0.05, 0.1) is 32.2 Å². The van der Waals surface area contributed by atoms with Crippen LogP contribution in [-0.4, -0.2) is 40.6 Å². The van der Waals surface area contributed by atoms with Crippen molar-refractivity contribution in [1.29, 1.82) is 0 Å². The Hall–Kier alpha value is -2.76. The molecule has 3 heterocycles. The normalized spacial score (nSPS) is 17.8. The van der Waals surface area contributed by atoms with Gasteiger partial charge < -0.3 is 18.6 Å². The highest BCUT2D eigenvalue weighted by atomic mass is 16.5. The lowest BCUT2D eigenvalue weighted by Gasteiger charge is -2.33. The standard InChI is InChI=1S/C19H21N3O3/c1-24-16-4-5-17-14(12-25-18(17)10-16)9-19(23)21-7-2-3-15(11-21)22-8-6-20-13-22/h4-6,8,10,12-13,15H,2-3,7,9,11H2,1H3/t15-/m1/s1. The second kappa shape index (κ2) is 6.63. The molecule has 0 unspecified atom stereocenters. The molecule has 1 aliphatic heterocycles. The topological polar surface area (TPSA) is 60.5 Å². The molecule has 0 aliphatic carbocycles. The predicted molar refractivity (Wildman–Crippen MR) is 93.5 cm³/mol. The molecule has 0 saturated carbocycles. The number of likely N-dealkylation sites (tertiary alicyclic amines) is 1. The molecule has 1 aliphatic rings. The summed E-state index contributed by atoms with van der Waals surface area (Å²) >= 11 is 0. The molecule has 0 N–H and O–H groups in total. The summed E-state index contributed by atoms with van der Waals surface area (Å²) in [6.07, 6.45) is 9.71. The fraction of sp³-hybridized carbons (Fsp3) is 0.368. The first-order chi connectivity index (χ1) is 12.2. The van der Waals surface area contributed by atoms with Crippen LogP contribution in [0, 0.1) is 0 Å². The zero-order valence-electron chi connectivity index (χ0n) is 14.2. The Balaban J connectivity index is 1.48.